The van der Waals surface area contributed by atoms with Crippen LogP contribution in [0.1, 0.15) is 37.7 Å². The Kier molecular flexibility index (Phi) is 7.13. The predicted molar refractivity (Wildman–Crippen MR) is 122 cm³/mol. The number of nitrogens with zero attached hydrogens (tertiary/aromatic N) is 3. The van der Waals surface area contributed by atoms with Gasteiger partial charge in [0.15, 0.2) is 0 Å². The van der Waals surface area contributed by atoms with Crippen LogP contribution in [0, 0.1) is 0 Å². The van der Waals surface area contributed by atoms with Crippen LogP contribution in [0.3, 0.4) is 0 Å². The number of ether oxygens (including phenoxy) is 1. The molecule has 31 heavy (non-hydrogen) atoms. The van der Waals surface area contributed by atoms with Gasteiger partial charge in [0.1, 0.15) is 29.8 Å². The molecule has 1 aliphatic rings. The van der Waals surface area contributed by atoms with Crippen molar-refractivity contribution in [2.75, 3.05) is 6.54 Å². The highest BCUT2D eigenvalue weighted by Gasteiger charge is 2.33. The third-order valence-electron chi connectivity index (χ3n) is 5.67. The van der Waals surface area contributed by atoms with Gasteiger partial charge < -0.3 is 15.2 Å². The molecule has 164 valence electrons. The maximum absolute atomic E-state index is 11.7. The van der Waals surface area contributed by atoms with Crippen molar-refractivity contribution in [3.05, 3.63) is 70.7 Å². The van der Waals surface area contributed by atoms with E-state index in [9.17, 15) is 5.11 Å². The zero-order chi connectivity index (χ0) is 21.7. The number of hydrogen-bond donors (Lipinski definition) is 2. The smallest absolute Gasteiger partial charge is 0.137 e. The molecule has 3 aromatic rings. The van der Waals surface area contributed by atoms with E-state index >= 15 is 0 Å². The molecule has 0 aliphatic heterocycles. The highest BCUT2D eigenvalue weighted by molar-refractivity contribution is 6.31. The van der Waals surface area contributed by atoms with Gasteiger partial charge in [-0.3, -0.25) is 0 Å². The van der Waals surface area contributed by atoms with Crippen molar-refractivity contribution >= 4 is 23.2 Å². The van der Waals surface area contributed by atoms with Gasteiger partial charge in [-0.05, 0) is 49.2 Å². The molecule has 1 heterocycles. The van der Waals surface area contributed by atoms with Crippen molar-refractivity contribution in [3.63, 3.8) is 0 Å². The van der Waals surface area contributed by atoms with Gasteiger partial charge in [0.2, 0.25) is 0 Å². The average Bonchev–Trinajstić information content (AvgIpc) is 3.27. The molecule has 1 aromatic heterocycles. The van der Waals surface area contributed by atoms with E-state index in [1.54, 1.807) is 41.3 Å². The lowest BCUT2D eigenvalue weighted by molar-refractivity contribution is 0.0118. The molecule has 1 unspecified atom stereocenters. The lowest BCUT2D eigenvalue weighted by Crippen LogP contribution is -2.46. The SMILES string of the molecule is OC(CNC1CCCCC1)(Cn1cncn1)c1ccc(Oc2ccc(Cl)cc2)cc1Cl. The molecule has 1 aliphatic carbocycles. The van der Waals surface area contributed by atoms with E-state index in [1.165, 1.54) is 25.6 Å². The van der Waals surface area contributed by atoms with E-state index in [-0.39, 0.29) is 6.54 Å². The van der Waals surface area contributed by atoms with Crippen LogP contribution in [0.5, 0.6) is 11.5 Å². The Morgan fingerprint density at radius 1 is 1.06 bits per heavy atom. The summed E-state index contributed by atoms with van der Waals surface area (Å²) in [5.41, 5.74) is -0.627. The van der Waals surface area contributed by atoms with E-state index in [1.807, 2.05) is 12.1 Å². The van der Waals surface area contributed by atoms with Crippen molar-refractivity contribution in [3.8, 4) is 11.5 Å². The Balaban J connectivity index is 1.55. The van der Waals surface area contributed by atoms with Crippen molar-refractivity contribution in [2.45, 2.75) is 50.3 Å². The van der Waals surface area contributed by atoms with Crippen molar-refractivity contribution < 1.29 is 9.84 Å². The monoisotopic (exact) mass is 460 g/mol. The minimum atomic E-state index is -1.25. The molecule has 0 amide bonds. The minimum absolute atomic E-state index is 0.240. The molecule has 0 radical (unpaired) electrons. The Bertz CT molecular complexity index is 976. The molecule has 1 fully saturated rings. The maximum atomic E-state index is 11.7. The second kappa shape index (κ2) is 10.0. The summed E-state index contributed by atoms with van der Waals surface area (Å²) in [7, 11) is 0. The van der Waals surface area contributed by atoms with Gasteiger partial charge in [-0.1, -0.05) is 48.5 Å². The fourth-order valence-electron chi connectivity index (χ4n) is 4.01. The Labute approximate surface area is 192 Å². The molecule has 4 rings (SSSR count). The molecule has 1 saturated carbocycles. The first-order chi connectivity index (χ1) is 15.0. The third-order valence-corrected chi connectivity index (χ3v) is 6.23. The summed E-state index contributed by atoms with van der Waals surface area (Å²) in [5, 5.41) is 20.5. The second-order valence-corrected chi connectivity index (χ2v) is 8.88. The zero-order valence-electron chi connectivity index (χ0n) is 17.2. The van der Waals surface area contributed by atoms with E-state index < -0.39 is 5.60 Å². The van der Waals surface area contributed by atoms with Crippen LogP contribution in [0.25, 0.3) is 0 Å². The van der Waals surface area contributed by atoms with E-state index in [0.717, 1.165) is 12.8 Å². The molecule has 2 aromatic carbocycles. The van der Waals surface area contributed by atoms with E-state index in [4.69, 9.17) is 27.9 Å². The van der Waals surface area contributed by atoms with Crippen molar-refractivity contribution in [1.82, 2.24) is 20.1 Å². The lowest BCUT2D eigenvalue weighted by Gasteiger charge is -2.33. The fourth-order valence-corrected chi connectivity index (χ4v) is 4.49. The first-order valence-corrected chi connectivity index (χ1v) is 11.3. The Hall–Kier alpha value is -2.12. The van der Waals surface area contributed by atoms with Gasteiger partial charge in [0.05, 0.1) is 11.6 Å². The van der Waals surface area contributed by atoms with Crippen LogP contribution in [-0.2, 0) is 12.1 Å². The van der Waals surface area contributed by atoms with Crippen LogP contribution in [-0.4, -0.2) is 32.5 Å². The van der Waals surface area contributed by atoms with Crippen LogP contribution < -0.4 is 10.1 Å². The Morgan fingerprint density at radius 2 is 1.81 bits per heavy atom. The van der Waals surface area contributed by atoms with E-state index in [0.29, 0.717) is 39.7 Å². The summed E-state index contributed by atoms with van der Waals surface area (Å²) < 4.78 is 7.50. The van der Waals surface area contributed by atoms with Crippen molar-refractivity contribution in [1.29, 1.82) is 0 Å². The summed E-state index contributed by atoms with van der Waals surface area (Å²) in [4.78, 5) is 4.00. The molecule has 8 heteroatoms. The van der Waals surface area contributed by atoms with Crippen LogP contribution >= 0.6 is 23.2 Å². The average molecular weight is 461 g/mol. The van der Waals surface area contributed by atoms with Gasteiger partial charge in [0, 0.05) is 23.2 Å². The molecular formula is C23H26Cl2N4O2. The Morgan fingerprint density at radius 3 is 2.48 bits per heavy atom. The van der Waals surface area contributed by atoms with Gasteiger partial charge in [-0.15, -0.1) is 0 Å². The summed E-state index contributed by atoms with van der Waals surface area (Å²) in [6, 6.07) is 12.9. The van der Waals surface area contributed by atoms with Crippen LogP contribution in [0.15, 0.2) is 55.1 Å². The first-order valence-electron chi connectivity index (χ1n) is 10.5. The number of benzene rings is 2. The maximum Gasteiger partial charge on any atom is 0.137 e. The third kappa shape index (κ3) is 5.77. The van der Waals surface area contributed by atoms with Gasteiger partial charge in [0.25, 0.3) is 0 Å². The second-order valence-electron chi connectivity index (χ2n) is 8.04. The van der Waals surface area contributed by atoms with Crippen molar-refractivity contribution in [2.24, 2.45) is 0 Å². The largest absolute Gasteiger partial charge is 0.457 e. The first kappa shape index (κ1) is 22.1. The molecule has 1 atom stereocenters. The quantitative estimate of drug-likeness (QED) is 0.483. The topological polar surface area (TPSA) is 72.2 Å². The van der Waals surface area contributed by atoms with Gasteiger partial charge in [-0.2, -0.15) is 5.10 Å². The predicted octanol–water partition coefficient (Wildman–Crippen LogP) is 5.19. The van der Waals surface area contributed by atoms with Crippen LogP contribution in [0.2, 0.25) is 10.0 Å². The summed E-state index contributed by atoms with van der Waals surface area (Å²) >= 11 is 12.6. The molecule has 0 bridgehead atoms. The summed E-state index contributed by atoms with van der Waals surface area (Å²) in [6.45, 7) is 0.610. The summed E-state index contributed by atoms with van der Waals surface area (Å²) in [5.74, 6) is 1.24. The number of rotatable bonds is 8. The number of nitrogens with one attached hydrogen (secondary N) is 1. The van der Waals surface area contributed by atoms with Gasteiger partial charge >= 0.3 is 0 Å². The number of aliphatic hydroxyl groups is 1. The highest BCUT2D eigenvalue weighted by Crippen LogP contribution is 2.34. The molecule has 2 N–H and O–H groups in total. The van der Waals surface area contributed by atoms with E-state index in [2.05, 4.69) is 15.4 Å². The fraction of sp³-hybridized carbons (Fsp3) is 0.391. The molecule has 6 nitrogen and oxygen atoms in total. The number of halogens is 2. The molecule has 0 saturated heterocycles. The zero-order valence-corrected chi connectivity index (χ0v) is 18.7. The minimum Gasteiger partial charge on any atom is -0.457 e. The number of hydrogen-bond acceptors (Lipinski definition) is 5. The molecular weight excluding hydrogens is 435 g/mol. The lowest BCUT2D eigenvalue weighted by atomic mass is 9.91. The molecule has 0 spiro atoms. The summed E-state index contributed by atoms with van der Waals surface area (Å²) in [6.07, 6.45) is 9.02. The normalized spacial score (nSPS) is 16.7. The number of aromatic nitrogens is 3. The standard InChI is InChI=1S/C23H26Cl2N4O2/c24-17-6-8-19(9-7-17)31-20-10-11-21(22(25)12-20)23(30,14-29-16-26-15-28-29)13-27-18-4-2-1-3-5-18/h6-12,15-16,18,27,30H,1-5,13-14H2. The van der Waals surface area contributed by atoms with Crippen LogP contribution in [0.4, 0.5) is 0 Å². The van der Waals surface area contributed by atoms with Gasteiger partial charge in [-0.25, -0.2) is 9.67 Å². The highest BCUT2D eigenvalue weighted by atomic mass is 35.5.